The fourth-order valence-corrected chi connectivity index (χ4v) is 3.75. The number of thioether (sulfide) groups is 1. The number of aliphatic imine (C=N–C) groups is 1. The van der Waals surface area contributed by atoms with Crippen molar-refractivity contribution in [3.05, 3.63) is 0 Å². The summed E-state index contributed by atoms with van der Waals surface area (Å²) >= 11 is 1.99. The molecule has 0 amide bonds. The van der Waals surface area contributed by atoms with E-state index in [-0.39, 0.29) is 24.0 Å². The summed E-state index contributed by atoms with van der Waals surface area (Å²) in [7, 11) is 0. The Labute approximate surface area is 150 Å². The zero-order valence-corrected chi connectivity index (χ0v) is 16.3. The van der Waals surface area contributed by atoms with Crippen molar-refractivity contribution in [1.82, 2.24) is 9.80 Å². The van der Waals surface area contributed by atoms with Gasteiger partial charge in [0.2, 0.25) is 0 Å². The highest BCUT2D eigenvalue weighted by atomic mass is 127. The highest BCUT2D eigenvalue weighted by Crippen LogP contribution is 2.11. The molecule has 2 rings (SSSR count). The third kappa shape index (κ3) is 6.92. The summed E-state index contributed by atoms with van der Waals surface area (Å²) < 4.78 is 5.74. The van der Waals surface area contributed by atoms with Crippen LogP contribution in [0.4, 0.5) is 0 Å². The molecule has 5 nitrogen and oxygen atoms in total. The molecular weight excluding hydrogens is 399 g/mol. The Morgan fingerprint density at radius 1 is 1.24 bits per heavy atom. The van der Waals surface area contributed by atoms with E-state index in [0.717, 1.165) is 51.6 Å². The number of halogens is 1. The van der Waals surface area contributed by atoms with Gasteiger partial charge in [-0.25, -0.2) is 0 Å². The molecule has 0 bridgehead atoms. The minimum Gasteiger partial charge on any atom is -0.373 e. The molecule has 0 aromatic rings. The van der Waals surface area contributed by atoms with Gasteiger partial charge in [-0.15, -0.1) is 24.0 Å². The van der Waals surface area contributed by atoms with Crippen LogP contribution in [0.3, 0.4) is 0 Å². The molecule has 0 aliphatic carbocycles. The van der Waals surface area contributed by atoms with Crippen LogP contribution in [-0.4, -0.2) is 78.7 Å². The summed E-state index contributed by atoms with van der Waals surface area (Å²) in [5.41, 5.74) is 6.04. The topological polar surface area (TPSA) is 54.1 Å². The molecule has 0 aromatic carbocycles. The van der Waals surface area contributed by atoms with Gasteiger partial charge in [0.15, 0.2) is 5.96 Å². The van der Waals surface area contributed by atoms with Crippen molar-refractivity contribution in [3.8, 4) is 0 Å². The van der Waals surface area contributed by atoms with Crippen molar-refractivity contribution in [3.63, 3.8) is 0 Å². The maximum atomic E-state index is 6.04. The smallest absolute Gasteiger partial charge is 0.191 e. The van der Waals surface area contributed by atoms with Crippen molar-refractivity contribution in [2.24, 2.45) is 10.7 Å². The van der Waals surface area contributed by atoms with Crippen LogP contribution in [0.15, 0.2) is 4.99 Å². The van der Waals surface area contributed by atoms with Crippen LogP contribution < -0.4 is 5.73 Å². The van der Waals surface area contributed by atoms with E-state index >= 15 is 0 Å². The maximum Gasteiger partial charge on any atom is 0.191 e. The molecule has 2 aliphatic rings. The first-order valence-electron chi connectivity index (χ1n) is 7.65. The van der Waals surface area contributed by atoms with Crippen molar-refractivity contribution >= 4 is 41.7 Å². The van der Waals surface area contributed by atoms with Gasteiger partial charge in [-0.05, 0) is 20.3 Å². The second-order valence-electron chi connectivity index (χ2n) is 5.71. The van der Waals surface area contributed by atoms with Crippen molar-refractivity contribution in [1.29, 1.82) is 0 Å². The number of hydrogen-bond acceptors (Lipinski definition) is 4. The van der Waals surface area contributed by atoms with Crippen molar-refractivity contribution < 1.29 is 4.74 Å². The molecule has 21 heavy (non-hydrogen) atoms. The predicted octanol–water partition coefficient (Wildman–Crippen LogP) is 1.47. The van der Waals surface area contributed by atoms with Crippen LogP contribution in [0.25, 0.3) is 0 Å². The maximum absolute atomic E-state index is 6.04. The lowest BCUT2D eigenvalue weighted by molar-refractivity contribution is -0.0679. The Balaban J connectivity index is 0.00000220. The fraction of sp³-hybridized carbons (Fsp3) is 0.929. The Morgan fingerprint density at radius 2 is 1.86 bits per heavy atom. The summed E-state index contributed by atoms with van der Waals surface area (Å²) in [6.45, 7) is 10.4. The number of nitrogens with zero attached hydrogens (tertiary/aromatic N) is 3. The van der Waals surface area contributed by atoms with Crippen LogP contribution >= 0.6 is 35.7 Å². The lowest BCUT2D eigenvalue weighted by atomic mass is 10.2. The zero-order valence-electron chi connectivity index (χ0n) is 13.2. The zero-order chi connectivity index (χ0) is 14.4. The number of ether oxygens (including phenoxy) is 1. The Bertz CT molecular complexity index is 316. The third-order valence-electron chi connectivity index (χ3n) is 3.74. The van der Waals surface area contributed by atoms with Gasteiger partial charge in [0.1, 0.15) is 0 Å². The number of nitrogens with two attached hydrogens (primary N) is 1. The fourth-order valence-electron chi connectivity index (χ4n) is 2.85. The molecule has 2 fully saturated rings. The van der Waals surface area contributed by atoms with E-state index in [1.54, 1.807) is 0 Å². The van der Waals surface area contributed by atoms with Gasteiger partial charge in [-0.2, -0.15) is 11.8 Å². The number of hydrogen-bond donors (Lipinski definition) is 1. The van der Waals surface area contributed by atoms with Gasteiger partial charge in [-0.3, -0.25) is 9.89 Å². The second-order valence-corrected chi connectivity index (χ2v) is 6.93. The number of guanidine groups is 1. The summed E-state index contributed by atoms with van der Waals surface area (Å²) in [4.78, 5) is 9.20. The molecule has 0 spiro atoms. The van der Waals surface area contributed by atoms with E-state index in [0.29, 0.717) is 12.2 Å². The van der Waals surface area contributed by atoms with E-state index in [2.05, 4.69) is 28.6 Å². The molecule has 0 saturated carbocycles. The lowest BCUT2D eigenvalue weighted by Gasteiger charge is -2.35. The first-order chi connectivity index (χ1) is 9.65. The van der Waals surface area contributed by atoms with Gasteiger partial charge in [0, 0.05) is 50.8 Å². The van der Waals surface area contributed by atoms with Gasteiger partial charge in [-0.1, -0.05) is 0 Å². The summed E-state index contributed by atoms with van der Waals surface area (Å²) in [6.07, 6.45) is 1.76. The third-order valence-corrected chi connectivity index (χ3v) is 4.68. The Kier molecular flexibility index (Phi) is 9.31. The minimum absolute atomic E-state index is 0. The molecule has 2 heterocycles. The normalized spacial score (nSPS) is 28.3. The quantitative estimate of drug-likeness (QED) is 0.318. The largest absolute Gasteiger partial charge is 0.373 e. The lowest BCUT2D eigenvalue weighted by Crippen LogP contribution is -2.45. The molecule has 0 aromatic heterocycles. The van der Waals surface area contributed by atoms with E-state index in [4.69, 9.17) is 10.5 Å². The average Bonchev–Trinajstić information content (AvgIpc) is 2.43. The van der Waals surface area contributed by atoms with Crippen LogP contribution in [0.5, 0.6) is 0 Å². The molecule has 2 aliphatic heterocycles. The molecule has 124 valence electrons. The molecule has 2 atom stereocenters. The Hall–Kier alpha value is 0.270. The van der Waals surface area contributed by atoms with E-state index in [9.17, 15) is 0 Å². The summed E-state index contributed by atoms with van der Waals surface area (Å²) in [5, 5.41) is 0. The molecule has 2 unspecified atom stereocenters. The summed E-state index contributed by atoms with van der Waals surface area (Å²) in [5.74, 6) is 3.06. The van der Waals surface area contributed by atoms with Gasteiger partial charge < -0.3 is 15.4 Å². The van der Waals surface area contributed by atoms with E-state index in [1.807, 2.05) is 11.8 Å². The molecule has 7 heteroatoms. The first-order valence-corrected chi connectivity index (χ1v) is 8.81. The second kappa shape index (κ2) is 10.1. The van der Waals surface area contributed by atoms with Gasteiger partial charge in [0.25, 0.3) is 0 Å². The number of morpholine rings is 1. The van der Waals surface area contributed by atoms with E-state index in [1.165, 1.54) is 11.5 Å². The van der Waals surface area contributed by atoms with Crippen molar-refractivity contribution in [2.75, 3.05) is 50.8 Å². The number of rotatable bonds is 4. The molecular formula is C14H29IN4OS. The van der Waals surface area contributed by atoms with Gasteiger partial charge >= 0.3 is 0 Å². The van der Waals surface area contributed by atoms with Gasteiger partial charge in [0.05, 0.1) is 12.2 Å². The van der Waals surface area contributed by atoms with Crippen LogP contribution in [-0.2, 0) is 4.74 Å². The highest BCUT2D eigenvalue weighted by Gasteiger charge is 2.21. The summed E-state index contributed by atoms with van der Waals surface area (Å²) in [6, 6.07) is 0. The molecule has 0 radical (unpaired) electrons. The highest BCUT2D eigenvalue weighted by molar-refractivity contribution is 14.0. The SMILES string of the molecule is CC1CN(CCCN=C(N)N2CCSCC2)CC(C)O1.I. The van der Waals surface area contributed by atoms with Crippen LogP contribution in [0.2, 0.25) is 0 Å². The minimum atomic E-state index is 0. The standard InChI is InChI=1S/C14H28N4OS.HI/c1-12-10-17(11-13(2)19-12)5-3-4-16-14(15)18-6-8-20-9-7-18;/h12-13H,3-11H2,1-2H3,(H2,15,16);1H. The average molecular weight is 428 g/mol. The van der Waals surface area contributed by atoms with Crippen LogP contribution in [0.1, 0.15) is 20.3 Å². The molecule has 2 saturated heterocycles. The van der Waals surface area contributed by atoms with E-state index < -0.39 is 0 Å². The van der Waals surface area contributed by atoms with Crippen LogP contribution in [0, 0.1) is 0 Å². The molecule has 2 N–H and O–H groups in total. The Morgan fingerprint density at radius 3 is 2.48 bits per heavy atom. The predicted molar refractivity (Wildman–Crippen MR) is 102 cm³/mol. The monoisotopic (exact) mass is 428 g/mol. The first kappa shape index (κ1) is 19.3. The van der Waals surface area contributed by atoms with Crippen molar-refractivity contribution in [2.45, 2.75) is 32.5 Å².